The maximum Gasteiger partial charge on any atom is 0.509 e. The Hall–Kier alpha value is -0.770. The van der Waals surface area contributed by atoms with Crippen LogP contribution in [0, 0.1) is 0 Å². The summed E-state index contributed by atoms with van der Waals surface area (Å²) in [5, 5.41) is 3.17. The first-order valence-electron chi connectivity index (χ1n) is 5.08. The van der Waals surface area contributed by atoms with E-state index in [1.54, 1.807) is 0 Å². The maximum absolute atomic E-state index is 11.3. The fourth-order valence-corrected chi connectivity index (χ4v) is 1.33. The maximum atomic E-state index is 11.3. The van der Waals surface area contributed by atoms with Crippen molar-refractivity contribution in [3.63, 3.8) is 0 Å². The molecule has 0 aromatic rings. The highest BCUT2D eigenvalue weighted by Crippen LogP contribution is 2.12. The molecule has 4 heteroatoms. The first kappa shape index (κ1) is 11.3. The third kappa shape index (κ3) is 4.46. The smallest absolute Gasteiger partial charge is 0.430 e. The van der Waals surface area contributed by atoms with Crippen LogP contribution in [0.5, 0.6) is 0 Å². The number of rotatable bonds is 1. The van der Waals surface area contributed by atoms with E-state index >= 15 is 0 Å². The van der Waals surface area contributed by atoms with Gasteiger partial charge in [0, 0.05) is 6.54 Å². The molecule has 0 radical (unpaired) electrons. The summed E-state index contributed by atoms with van der Waals surface area (Å²) in [6, 6.07) is 0. The summed E-state index contributed by atoms with van der Waals surface area (Å²) in [5.41, 5.74) is -0.473. The van der Waals surface area contributed by atoms with Gasteiger partial charge in [0.25, 0.3) is 0 Å². The van der Waals surface area contributed by atoms with Crippen LogP contribution in [0.3, 0.4) is 0 Å². The van der Waals surface area contributed by atoms with Gasteiger partial charge in [0.15, 0.2) is 0 Å². The average molecular weight is 201 g/mol. The summed E-state index contributed by atoms with van der Waals surface area (Å²) in [5.74, 6) is 0. The highest BCUT2D eigenvalue weighted by Gasteiger charge is 2.22. The first-order chi connectivity index (χ1) is 6.47. The van der Waals surface area contributed by atoms with Crippen LogP contribution in [0.25, 0.3) is 0 Å². The minimum atomic E-state index is -0.564. The quantitative estimate of drug-likeness (QED) is 0.656. The Morgan fingerprint density at radius 3 is 2.64 bits per heavy atom. The lowest BCUT2D eigenvalue weighted by molar-refractivity contribution is -0.0307. The second-order valence-electron chi connectivity index (χ2n) is 4.55. The molecule has 0 spiro atoms. The van der Waals surface area contributed by atoms with E-state index < -0.39 is 11.8 Å². The highest BCUT2D eigenvalue weighted by molar-refractivity contribution is 5.60. The van der Waals surface area contributed by atoms with E-state index in [2.05, 4.69) is 5.32 Å². The number of hydrogen-bond acceptors (Lipinski definition) is 4. The van der Waals surface area contributed by atoms with Crippen molar-refractivity contribution in [3.8, 4) is 0 Å². The van der Waals surface area contributed by atoms with Gasteiger partial charge in [0.1, 0.15) is 11.7 Å². The lowest BCUT2D eigenvalue weighted by atomic mass is 10.1. The van der Waals surface area contributed by atoms with Crippen molar-refractivity contribution in [2.45, 2.75) is 45.3 Å². The number of carbonyl (C=O) groups excluding carboxylic acids is 1. The molecule has 0 amide bonds. The molecule has 14 heavy (non-hydrogen) atoms. The molecule has 1 atom stereocenters. The number of carbonyl (C=O) groups is 1. The fourth-order valence-electron chi connectivity index (χ4n) is 1.33. The van der Waals surface area contributed by atoms with E-state index in [9.17, 15) is 4.79 Å². The molecular weight excluding hydrogens is 182 g/mol. The van der Waals surface area contributed by atoms with Gasteiger partial charge < -0.3 is 14.8 Å². The van der Waals surface area contributed by atoms with Gasteiger partial charge in [-0.25, -0.2) is 4.79 Å². The minimum absolute atomic E-state index is 0.0291. The van der Waals surface area contributed by atoms with Gasteiger partial charge in [-0.05, 0) is 40.2 Å². The second kappa shape index (κ2) is 4.64. The van der Waals surface area contributed by atoms with Crippen molar-refractivity contribution in [3.05, 3.63) is 0 Å². The van der Waals surface area contributed by atoms with Crippen LogP contribution in [0.15, 0.2) is 0 Å². The first-order valence-corrected chi connectivity index (χ1v) is 5.08. The van der Waals surface area contributed by atoms with E-state index in [4.69, 9.17) is 9.47 Å². The Morgan fingerprint density at radius 1 is 1.43 bits per heavy atom. The Bertz CT molecular complexity index is 192. The Balaban J connectivity index is 2.25. The molecule has 1 heterocycles. The van der Waals surface area contributed by atoms with E-state index in [0.29, 0.717) is 0 Å². The van der Waals surface area contributed by atoms with E-state index in [0.717, 1.165) is 25.9 Å². The summed E-state index contributed by atoms with van der Waals surface area (Å²) < 4.78 is 10.2. The third-order valence-corrected chi connectivity index (χ3v) is 1.90. The van der Waals surface area contributed by atoms with E-state index in [1.165, 1.54) is 0 Å². The van der Waals surface area contributed by atoms with Gasteiger partial charge in [-0.3, -0.25) is 0 Å². The van der Waals surface area contributed by atoms with E-state index in [-0.39, 0.29) is 6.10 Å². The van der Waals surface area contributed by atoms with Crippen LogP contribution in [-0.2, 0) is 9.47 Å². The largest absolute Gasteiger partial charge is 0.509 e. The molecule has 0 bridgehead atoms. The molecule has 1 N–H and O–H groups in total. The third-order valence-electron chi connectivity index (χ3n) is 1.90. The van der Waals surface area contributed by atoms with Crippen LogP contribution in [0.4, 0.5) is 4.79 Å². The molecule has 1 aliphatic rings. The van der Waals surface area contributed by atoms with Crippen LogP contribution < -0.4 is 5.32 Å². The monoisotopic (exact) mass is 201 g/mol. The van der Waals surface area contributed by atoms with Crippen LogP contribution >= 0.6 is 0 Å². The molecule has 0 aromatic carbocycles. The SMILES string of the molecule is CC(C)(C)OC(=O)OC1CCCNC1. The fraction of sp³-hybridized carbons (Fsp3) is 0.900. The molecule has 1 fully saturated rings. The zero-order chi connectivity index (χ0) is 10.6. The number of ether oxygens (including phenoxy) is 2. The van der Waals surface area contributed by atoms with Crippen LogP contribution in [-0.4, -0.2) is 30.9 Å². The van der Waals surface area contributed by atoms with Gasteiger partial charge in [-0.15, -0.1) is 0 Å². The number of nitrogens with one attached hydrogen (secondary N) is 1. The lowest BCUT2D eigenvalue weighted by Crippen LogP contribution is -2.38. The van der Waals surface area contributed by atoms with Gasteiger partial charge in [0.05, 0.1) is 0 Å². The number of hydrogen-bond donors (Lipinski definition) is 1. The van der Waals surface area contributed by atoms with Crippen LogP contribution in [0.2, 0.25) is 0 Å². The average Bonchev–Trinajstić information content (AvgIpc) is 2.02. The molecule has 0 saturated carbocycles. The standard InChI is InChI=1S/C10H19NO3/c1-10(2,3)14-9(12)13-8-5-4-6-11-7-8/h8,11H,4-7H2,1-3H3. The zero-order valence-electron chi connectivity index (χ0n) is 9.13. The minimum Gasteiger partial charge on any atom is -0.430 e. The number of piperidine rings is 1. The van der Waals surface area contributed by atoms with Gasteiger partial charge in [0.2, 0.25) is 0 Å². The normalized spacial score (nSPS) is 22.9. The van der Waals surface area contributed by atoms with Gasteiger partial charge >= 0.3 is 6.16 Å². The summed E-state index contributed by atoms with van der Waals surface area (Å²) >= 11 is 0. The molecule has 0 aromatic heterocycles. The molecule has 4 nitrogen and oxygen atoms in total. The molecule has 82 valence electrons. The summed E-state index contributed by atoms with van der Waals surface area (Å²) in [6.07, 6.45) is 1.38. The van der Waals surface area contributed by atoms with Crippen LogP contribution in [0.1, 0.15) is 33.6 Å². The molecule has 0 aliphatic carbocycles. The summed E-state index contributed by atoms with van der Waals surface area (Å²) in [4.78, 5) is 11.3. The van der Waals surface area contributed by atoms with Crippen molar-refractivity contribution < 1.29 is 14.3 Å². The lowest BCUT2D eigenvalue weighted by Gasteiger charge is -2.25. The van der Waals surface area contributed by atoms with E-state index in [1.807, 2.05) is 20.8 Å². The van der Waals surface area contributed by atoms with Gasteiger partial charge in [-0.2, -0.15) is 0 Å². The molecular formula is C10H19NO3. The Morgan fingerprint density at radius 2 is 2.14 bits per heavy atom. The van der Waals surface area contributed by atoms with Crippen molar-refractivity contribution in [1.29, 1.82) is 0 Å². The molecule has 1 aliphatic heterocycles. The topological polar surface area (TPSA) is 47.6 Å². The predicted molar refractivity (Wildman–Crippen MR) is 53.2 cm³/mol. The second-order valence-corrected chi connectivity index (χ2v) is 4.55. The molecule has 1 unspecified atom stereocenters. The summed E-state index contributed by atoms with van der Waals surface area (Å²) in [7, 11) is 0. The Labute approximate surface area is 85.0 Å². The van der Waals surface area contributed by atoms with Crippen molar-refractivity contribution in [1.82, 2.24) is 5.32 Å². The van der Waals surface area contributed by atoms with Crippen molar-refractivity contribution >= 4 is 6.16 Å². The Kier molecular flexibility index (Phi) is 3.75. The van der Waals surface area contributed by atoms with Crippen molar-refractivity contribution in [2.75, 3.05) is 13.1 Å². The predicted octanol–water partition coefficient (Wildman–Crippen LogP) is 1.69. The van der Waals surface area contributed by atoms with Crippen molar-refractivity contribution in [2.24, 2.45) is 0 Å². The highest BCUT2D eigenvalue weighted by atomic mass is 16.7. The zero-order valence-corrected chi connectivity index (χ0v) is 9.13. The molecule has 1 saturated heterocycles. The molecule has 1 rings (SSSR count). The summed E-state index contributed by atoms with van der Waals surface area (Å²) in [6.45, 7) is 7.22. The van der Waals surface area contributed by atoms with Gasteiger partial charge in [-0.1, -0.05) is 0 Å².